The van der Waals surface area contributed by atoms with Gasteiger partial charge in [0.25, 0.3) is 0 Å². The molecule has 0 bridgehead atoms. The number of nitrogens with one attached hydrogen (secondary N) is 2. The monoisotopic (exact) mass is 397 g/mol. The molecule has 30 heavy (non-hydrogen) atoms. The first-order chi connectivity index (χ1) is 14.8. The maximum atomic E-state index is 6.09. The van der Waals surface area contributed by atoms with Crippen molar-refractivity contribution in [3.63, 3.8) is 0 Å². The van der Waals surface area contributed by atoms with Crippen LogP contribution in [0.4, 0.5) is 11.6 Å². The molecule has 6 heteroatoms. The fourth-order valence-corrected chi connectivity index (χ4v) is 4.20. The van der Waals surface area contributed by atoms with Crippen LogP contribution in [0, 0.1) is 0 Å². The molecule has 0 unspecified atom stereocenters. The molecule has 0 radical (unpaired) electrons. The fourth-order valence-electron chi connectivity index (χ4n) is 4.20. The van der Waals surface area contributed by atoms with Crippen LogP contribution in [0.5, 0.6) is 11.8 Å². The Morgan fingerprint density at radius 3 is 2.70 bits per heavy atom. The molecule has 2 heterocycles. The first-order valence-electron chi connectivity index (χ1n) is 10.7. The molecule has 0 spiro atoms. The van der Waals surface area contributed by atoms with E-state index in [1.807, 2.05) is 30.3 Å². The smallest absolute Gasteiger partial charge is 0.324 e. The number of anilines is 2. The maximum absolute atomic E-state index is 6.09. The van der Waals surface area contributed by atoms with Gasteiger partial charge >= 0.3 is 6.01 Å². The van der Waals surface area contributed by atoms with Crippen LogP contribution in [0.25, 0.3) is 10.9 Å². The van der Waals surface area contributed by atoms with Gasteiger partial charge in [-0.1, -0.05) is 18.2 Å². The lowest BCUT2D eigenvalue weighted by molar-refractivity contribution is 0.444. The summed E-state index contributed by atoms with van der Waals surface area (Å²) in [6.07, 6.45) is 7.24. The molecule has 0 amide bonds. The van der Waals surface area contributed by atoms with Crippen LogP contribution in [0.15, 0.2) is 48.5 Å². The van der Waals surface area contributed by atoms with Crippen LogP contribution < -0.4 is 10.1 Å². The predicted octanol–water partition coefficient (Wildman–Crippen LogP) is 5.65. The highest BCUT2D eigenvalue weighted by Gasteiger charge is 2.25. The van der Waals surface area contributed by atoms with E-state index in [9.17, 15) is 0 Å². The van der Waals surface area contributed by atoms with E-state index < -0.39 is 0 Å². The highest BCUT2D eigenvalue weighted by molar-refractivity contribution is 5.90. The van der Waals surface area contributed by atoms with Crippen molar-refractivity contribution in [2.24, 2.45) is 0 Å². The van der Waals surface area contributed by atoms with E-state index in [0.29, 0.717) is 17.7 Å². The Morgan fingerprint density at radius 2 is 1.80 bits per heavy atom. The number of hydrogen-bond donors (Lipinski definition) is 2. The average molecular weight is 397 g/mol. The van der Waals surface area contributed by atoms with Gasteiger partial charge in [0, 0.05) is 23.1 Å². The first kappa shape index (κ1) is 17.4. The van der Waals surface area contributed by atoms with E-state index >= 15 is 0 Å². The van der Waals surface area contributed by atoms with Gasteiger partial charge < -0.3 is 10.1 Å². The lowest BCUT2D eigenvalue weighted by Gasteiger charge is -2.16. The minimum Gasteiger partial charge on any atom is -0.424 e. The van der Waals surface area contributed by atoms with Gasteiger partial charge in [-0.05, 0) is 73.9 Å². The molecule has 2 aliphatic rings. The molecule has 150 valence electrons. The molecule has 0 atom stereocenters. The zero-order valence-corrected chi connectivity index (χ0v) is 16.7. The van der Waals surface area contributed by atoms with Gasteiger partial charge in [0.1, 0.15) is 11.6 Å². The van der Waals surface area contributed by atoms with Crippen LogP contribution in [0.3, 0.4) is 0 Å². The second kappa shape index (κ2) is 7.13. The minimum atomic E-state index is 0.338. The predicted molar refractivity (Wildman–Crippen MR) is 117 cm³/mol. The number of rotatable bonds is 5. The van der Waals surface area contributed by atoms with Crippen LogP contribution >= 0.6 is 0 Å². The van der Waals surface area contributed by atoms with Crippen LogP contribution in [-0.2, 0) is 12.8 Å². The summed E-state index contributed by atoms with van der Waals surface area (Å²) < 4.78 is 6.09. The molecule has 1 saturated carbocycles. The number of fused-ring (bicyclic) bond motifs is 2. The summed E-state index contributed by atoms with van der Waals surface area (Å²) in [7, 11) is 0. The maximum Gasteiger partial charge on any atom is 0.324 e. The van der Waals surface area contributed by atoms with E-state index in [-0.39, 0.29) is 0 Å². The molecule has 2 N–H and O–H groups in total. The van der Waals surface area contributed by atoms with Crippen LogP contribution in [-0.4, -0.2) is 20.2 Å². The SMILES string of the molecule is c1ccc2c(Nc3cc(C4CC4)[nH]n3)nc(Oc3ccc4c(c3)CCCC4)nc2c1. The van der Waals surface area contributed by atoms with Crippen molar-refractivity contribution in [1.29, 1.82) is 0 Å². The van der Waals surface area contributed by atoms with Gasteiger partial charge in [-0.15, -0.1) is 0 Å². The number of para-hydroxylation sites is 1. The van der Waals surface area contributed by atoms with E-state index in [0.717, 1.165) is 35.3 Å². The Balaban J connectivity index is 1.33. The lowest BCUT2D eigenvalue weighted by Crippen LogP contribution is -2.03. The summed E-state index contributed by atoms with van der Waals surface area (Å²) >= 11 is 0. The van der Waals surface area contributed by atoms with Gasteiger partial charge in [0.05, 0.1) is 5.52 Å². The van der Waals surface area contributed by atoms with E-state index in [4.69, 9.17) is 4.74 Å². The van der Waals surface area contributed by atoms with Crippen molar-refractivity contribution in [3.05, 3.63) is 65.4 Å². The molecule has 0 aliphatic heterocycles. The third-order valence-electron chi connectivity index (χ3n) is 5.97. The van der Waals surface area contributed by atoms with Crippen molar-refractivity contribution < 1.29 is 4.74 Å². The second-order valence-corrected chi connectivity index (χ2v) is 8.22. The van der Waals surface area contributed by atoms with Crippen molar-refractivity contribution in [2.75, 3.05) is 5.32 Å². The minimum absolute atomic E-state index is 0.338. The summed E-state index contributed by atoms with van der Waals surface area (Å²) in [6.45, 7) is 0. The molecule has 1 fully saturated rings. The van der Waals surface area contributed by atoms with E-state index in [1.165, 1.54) is 42.5 Å². The van der Waals surface area contributed by atoms with Gasteiger partial charge in [0.2, 0.25) is 0 Å². The normalized spacial score (nSPS) is 15.7. The van der Waals surface area contributed by atoms with Crippen molar-refractivity contribution in [3.8, 4) is 11.8 Å². The quantitative estimate of drug-likeness (QED) is 0.455. The van der Waals surface area contributed by atoms with Gasteiger partial charge in [0.15, 0.2) is 5.82 Å². The Labute approximate surface area is 174 Å². The van der Waals surface area contributed by atoms with Crippen molar-refractivity contribution >= 4 is 22.5 Å². The number of nitrogens with zero attached hydrogens (tertiary/aromatic N) is 3. The summed E-state index contributed by atoms with van der Waals surface area (Å²) in [5.41, 5.74) is 4.82. The number of ether oxygens (including phenoxy) is 1. The lowest BCUT2D eigenvalue weighted by atomic mass is 9.92. The molecule has 6 rings (SSSR count). The molecule has 4 aromatic rings. The molecular formula is C24H23N5O. The number of hydrogen-bond acceptors (Lipinski definition) is 5. The number of aromatic amines is 1. The third-order valence-corrected chi connectivity index (χ3v) is 5.97. The Morgan fingerprint density at radius 1 is 0.933 bits per heavy atom. The van der Waals surface area contributed by atoms with Crippen LogP contribution in [0.1, 0.15) is 48.4 Å². The number of H-pyrrole nitrogens is 1. The summed E-state index contributed by atoms with van der Waals surface area (Å²) in [5.74, 6) is 2.87. The third kappa shape index (κ3) is 3.38. The highest BCUT2D eigenvalue weighted by Crippen LogP contribution is 2.40. The zero-order chi connectivity index (χ0) is 19.9. The van der Waals surface area contributed by atoms with Gasteiger partial charge in [-0.3, -0.25) is 5.10 Å². The Bertz CT molecular complexity index is 1230. The topological polar surface area (TPSA) is 75.7 Å². The summed E-state index contributed by atoms with van der Waals surface area (Å²) in [5, 5.41) is 11.8. The Hall–Kier alpha value is -3.41. The van der Waals surface area contributed by atoms with Crippen LogP contribution in [0.2, 0.25) is 0 Å². The Kier molecular flexibility index (Phi) is 4.15. The van der Waals surface area contributed by atoms with E-state index in [1.54, 1.807) is 0 Å². The average Bonchev–Trinajstić information content (AvgIpc) is 3.53. The molecule has 0 saturated heterocycles. The number of aryl methyl sites for hydroxylation is 2. The molecule has 2 aliphatic carbocycles. The second-order valence-electron chi connectivity index (χ2n) is 8.22. The molecule has 2 aromatic heterocycles. The zero-order valence-electron chi connectivity index (χ0n) is 16.7. The molecular weight excluding hydrogens is 374 g/mol. The standard InChI is InChI=1S/C24H23N5O/c1-2-6-17-13-18(12-11-15(17)5-1)30-24-25-20-8-4-3-7-19(20)23(27-24)26-22-14-21(28-29-22)16-9-10-16/h3-4,7-8,11-14,16H,1-2,5-6,9-10H2,(H2,25,26,27,28,29). The molecule has 2 aromatic carbocycles. The molecule has 6 nitrogen and oxygen atoms in total. The van der Waals surface area contributed by atoms with Crippen molar-refractivity contribution in [1.82, 2.24) is 20.2 Å². The fraction of sp³-hybridized carbons (Fsp3) is 0.292. The first-order valence-corrected chi connectivity index (χ1v) is 10.7. The van der Waals surface area contributed by atoms with Crippen molar-refractivity contribution in [2.45, 2.75) is 44.4 Å². The van der Waals surface area contributed by atoms with E-state index in [2.05, 4.69) is 43.7 Å². The summed E-state index contributed by atoms with van der Waals surface area (Å²) in [4.78, 5) is 9.30. The van der Waals surface area contributed by atoms with Gasteiger partial charge in [-0.25, -0.2) is 0 Å². The summed E-state index contributed by atoms with van der Waals surface area (Å²) in [6, 6.07) is 16.7. The highest BCUT2D eigenvalue weighted by atomic mass is 16.5. The van der Waals surface area contributed by atoms with Gasteiger partial charge in [-0.2, -0.15) is 15.1 Å². The largest absolute Gasteiger partial charge is 0.424 e. The number of benzene rings is 2. The number of aromatic nitrogens is 4.